The lowest BCUT2D eigenvalue weighted by atomic mass is 9.80. The Bertz CT molecular complexity index is 1340. The minimum Gasteiger partial charge on any atom is -0.489 e. The molecular weight excluding hydrogens is 476 g/mol. The van der Waals surface area contributed by atoms with E-state index in [0.29, 0.717) is 32.7 Å². The van der Waals surface area contributed by atoms with Gasteiger partial charge in [-0.25, -0.2) is 4.79 Å². The van der Waals surface area contributed by atoms with Gasteiger partial charge < -0.3 is 18.9 Å². The van der Waals surface area contributed by atoms with Crippen molar-refractivity contribution in [2.75, 3.05) is 13.7 Å². The molecule has 0 N–H and O–H groups in total. The predicted octanol–water partition coefficient (Wildman–Crippen LogP) is 6.19. The van der Waals surface area contributed by atoms with E-state index in [2.05, 4.69) is 6.07 Å². The maximum absolute atomic E-state index is 13.1. The van der Waals surface area contributed by atoms with E-state index in [0.717, 1.165) is 33.8 Å². The minimum absolute atomic E-state index is 0.140. The highest BCUT2D eigenvalue weighted by Gasteiger charge is 2.52. The number of carbonyl (C=O) groups is 1. The van der Waals surface area contributed by atoms with Crippen molar-refractivity contribution in [3.63, 3.8) is 0 Å². The van der Waals surface area contributed by atoms with Crippen molar-refractivity contribution in [2.24, 2.45) is 5.92 Å². The van der Waals surface area contributed by atoms with Crippen molar-refractivity contribution in [2.45, 2.75) is 31.7 Å². The first-order valence-corrected chi connectivity index (χ1v) is 12.9. The molecule has 1 aliphatic rings. The Kier molecular flexibility index (Phi) is 8.05. The van der Waals surface area contributed by atoms with Crippen LogP contribution in [-0.2, 0) is 40.3 Å². The minimum atomic E-state index is -1.07. The second kappa shape index (κ2) is 12.0. The van der Waals surface area contributed by atoms with E-state index in [1.165, 1.54) is 0 Å². The standard InChI is InChI=1S/C33H32O5/c1-35-33(21-28-15-9-17-31(20-28)37-23-26-12-6-3-7-13-26)29(24-38-32(33)34)18-27-14-8-16-30(19-27)36-22-25-10-4-2-5-11-25/h2-17,19-20,29H,18,21-24H2,1H3/t29-,33-/m0/s1. The monoisotopic (exact) mass is 508 g/mol. The molecule has 4 aromatic carbocycles. The van der Waals surface area contributed by atoms with Crippen LogP contribution in [0.25, 0.3) is 0 Å². The van der Waals surface area contributed by atoms with E-state index >= 15 is 0 Å². The lowest BCUT2D eigenvalue weighted by Gasteiger charge is -2.30. The van der Waals surface area contributed by atoms with Crippen molar-refractivity contribution in [3.05, 3.63) is 131 Å². The smallest absolute Gasteiger partial charge is 0.339 e. The quantitative estimate of drug-likeness (QED) is 0.226. The molecule has 1 fully saturated rings. The van der Waals surface area contributed by atoms with Gasteiger partial charge in [-0.1, -0.05) is 84.9 Å². The Morgan fingerprint density at radius 1 is 0.711 bits per heavy atom. The molecule has 0 aliphatic carbocycles. The number of rotatable bonds is 11. The van der Waals surface area contributed by atoms with E-state index < -0.39 is 5.60 Å². The fraction of sp³-hybridized carbons (Fsp3) is 0.242. The van der Waals surface area contributed by atoms with Gasteiger partial charge in [-0.2, -0.15) is 0 Å². The van der Waals surface area contributed by atoms with E-state index in [9.17, 15) is 4.79 Å². The second-order valence-corrected chi connectivity index (χ2v) is 9.61. The lowest BCUT2D eigenvalue weighted by Crippen LogP contribution is -2.46. The average Bonchev–Trinajstić information content (AvgIpc) is 3.26. The summed E-state index contributed by atoms with van der Waals surface area (Å²) in [4.78, 5) is 13.1. The Hall–Kier alpha value is -4.09. The highest BCUT2D eigenvalue weighted by molar-refractivity contribution is 5.82. The number of esters is 1. The predicted molar refractivity (Wildman–Crippen MR) is 146 cm³/mol. The Balaban J connectivity index is 1.28. The fourth-order valence-corrected chi connectivity index (χ4v) is 4.94. The number of ether oxygens (including phenoxy) is 4. The van der Waals surface area contributed by atoms with Crippen molar-refractivity contribution in [1.82, 2.24) is 0 Å². The molecule has 0 spiro atoms. The number of cyclic esters (lactones) is 1. The fourth-order valence-electron chi connectivity index (χ4n) is 4.94. The zero-order valence-corrected chi connectivity index (χ0v) is 21.5. The summed E-state index contributed by atoms with van der Waals surface area (Å²) < 4.78 is 23.5. The van der Waals surface area contributed by atoms with Crippen LogP contribution in [0.4, 0.5) is 0 Å². The zero-order chi connectivity index (χ0) is 26.2. The SMILES string of the molecule is CO[C@]1(Cc2cccc(OCc3ccccc3)c2)C(=O)OC[C@@H]1Cc1cccc(OCc2ccccc2)c1. The molecule has 0 saturated carbocycles. The summed E-state index contributed by atoms with van der Waals surface area (Å²) in [6.45, 7) is 1.29. The van der Waals surface area contributed by atoms with Gasteiger partial charge in [0.15, 0.2) is 5.60 Å². The molecule has 5 nitrogen and oxygen atoms in total. The topological polar surface area (TPSA) is 54.0 Å². The third-order valence-corrected chi connectivity index (χ3v) is 7.03. The van der Waals surface area contributed by atoms with Gasteiger partial charge in [-0.05, 0) is 52.9 Å². The first-order valence-electron chi connectivity index (χ1n) is 12.9. The molecular formula is C33H32O5. The first-order chi connectivity index (χ1) is 18.6. The van der Waals surface area contributed by atoms with Crippen LogP contribution < -0.4 is 9.47 Å². The van der Waals surface area contributed by atoms with Gasteiger partial charge in [-0.3, -0.25) is 0 Å². The van der Waals surface area contributed by atoms with Gasteiger partial charge >= 0.3 is 5.97 Å². The van der Waals surface area contributed by atoms with Gasteiger partial charge in [0.25, 0.3) is 0 Å². The highest BCUT2D eigenvalue weighted by Crippen LogP contribution is 2.37. The van der Waals surface area contributed by atoms with Crippen LogP contribution in [0.1, 0.15) is 22.3 Å². The molecule has 0 bridgehead atoms. The lowest BCUT2D eigenvalue weighted by molar-refractivity contribution is -0.157. The van der Waals surface area contributed by atoms with Crippen LogP contribution in [0.15, 0.2) is 109 Å². The van der Waals surface area contributed by atoms with Crippen LogP contribution in [0.2, 0.25) is 0 Å². The first kappa shape index (κ1) is 25.6. The van der Waals surface area contributed by atoms with Crippen LogP contribution in [0.3, 0.4) is 0 Å². The van der Waals surface area contributed by atoms with Crippen LogP contribution >= 0.6 is 0 Å². The Morgan fingerprint density at radius 2 is 1.24 bits per heavy atom. The molecule has 5 rings (SSSR count). The van der Waals surface area contributed by atoms with Gasteiger partial charge in [0.1, 0.15) is 24.7 Å². The summed E-state index contributed by atoms with van der Waals surface area (Å²) in [6, 6.07) is 36.0. The molecule has 0 radical (unpaired) electrons. The van der Waals surface area contributed by atoms with Crippen LogP contribution in [0, 0.1) is 5.92 Å². The second-order valence-electron chi connectivity index (χ2n) is 9.61. The van der Waals surface area contributed by atoms with Crippen molar-refractivity contribution < 1.29 is 23.7 Å². The molecule has 0 aromatic heterocycles. The largest absolute Gasteiger partial charge is 0.489 e. The molecule has 2 atom stereocenters. The van der Waals surface area contributed by atoms with Gasteiger partial charge in [0.05, 0.1) is 6.61 Å². The van der Waals surface area contributed by atoms with Crippen LogP contribution in [0.5, 0.6) is 11.5 Å². The molecule has 4 aromatic rings. The van der Waals surface area contributed by atoms with Gasteiger partial charge in [0.2, 0.25) is 0 Å². The van der Waals surface area contributed by atoms with Crippen molar-refractivity contribution >= 4 is 5.97 Å². The summed E-state index contributed by atoms with van der Waals surface area (Å²) in [5.41, 5.74) is 3.17. The summed E-state index contributed by atoms with van der Waals surface area (Å²) in [7, 11) is 1.59. The molecule has 38 heavy (non-hydrogen) atoms. The summed E-state index contributed by atoms with van der Waals surface area (Å²) in [6.07, 6.45) is 1.03. The Labute approximate surface area is 223 Å². The molecule has 0 amide bonds. The van der Waals surface area contributed by atoms with Gasteiger partial charge in [0, 0.05) is 19.4 Å². The number of hydrogen-bond donors (Lipinski definition) is 0. The number of benzene rings is 4. The molecule has 0 unspecified atom stereocenters. The summed E-state index contributed by atoms with van der Waals surface area (Å²) >= 11 is 0. The van der Waals surface area contributed by atoms with E-state index in [1.54, 1.807) is 7.11 Å². The van der Waals surface area contributed by atoms with Crippen LogP contribution in [-0.4, -0.2) is 25.3 Å². The zero-order valence-electron chi connectivity index (χ0n) is 21.5. The molecule has 5 heteroatoms. The van der Waals surface area contributed by atoms with E-state index in [4.69, 9.17) is 18.9 Å². The van der Waals surface area contributed by atoms with Crippen molar-refractivity contribution in [3.8, 4) is 11.5 Å². The molecule has 194 valence electrons. The third kappa shape index (κ3) is 6.06. The normalized spacial score (nSPS) is 18.7. The highest BCUT2D eigenvalue weighted by atomic mass is 16.6. The molecule has 1 aliphatic heterocycles. The maximum Gasteiger partial charge on any atom is 0.339 e. The van der Waals surface area contributed by atoms with E-state index in [-0.39, 0.29) is 11.9 Å². The average molecular weight is 509 g/mol. The van der Waals surface area contributed by atoms with Crippen molar-refractivity contribution in [1.29, 1.82) is 0 Å². The molecule has 1 heterocycles. The van der Waals surface area contributed by atoms with Gasteiger partial charge in [-0.15, -0.1) is 0 Å². The Morgan fingerprint density at radius 3 is 1.82 bits per heavy atom. The number of methoxy groups -OCH3 is 1. The summed E-state index contributed by atoms with van der Waals surface area (Å²) in [5.74, 6) is 1.09. The van der Waals surface area contributed by atoms with E-state index in [1.807, 2.05) is 103 Å². The third-order valence-electron chi connectivity index (χ3n) is 7.03. The number of hydrogen-bond acceptors (Lipinski definition) is 5. The summed E-state index contributed by atoms with van der Waals surface area (Å²) in [5, 5.41) is 0. The maximum atomic E-state index is 13.1. The number of carbonyl (C=O) groups excluding carboxylic acids is 1. The molecule has 1 saturated heterocycles.